The van der Waals surface area contributed by atoms with Crippen LogP contribution >= 0.6 is 0 Å². The SMILES string of the molecule is CC(C)[C@H]1CC[C@@H]2[C@]1(C)CC[C@]1(C)C3=CC[C@@]4(C)CCC(C)(C)C[C@H]4C3=CC[C@@]21C. The van der Waals surface area contributed by atoms with E-state index in [1.165, 1.54) is 57.8 Å². The standard InChI is InChI=1S/C30H48/c1-20(2)22-9-10-25-28(22,6)17-18-29(7)23-12-13-27(5)16-15-26(3,4)19-24(27)21(23)11-14-30(25,29)8/h11-12,20,22,24-25H,9-10,13-19H2,1-8H3/t22-,24+,25-,27+,28-,29-,30+/m1/s1. The smallest absolute Gasteiger partial charge is 0.00159 e. The molecule has 0 heteroatoms. The molecule has 0 saturated heterocycles. The fourth-order valence-corrected chi connectivity index (χ4v) is 9.95. The highest BCUT2D eigenvalue weighted by Gasteiger charge is 2.65. The first-order valence-electron chi connectivity index (χ1n) is 13.3. The van der Waals surface area contributed by atoms with Crippen molar-refractivity contribution in [2.24, 2.45) is 50.7 Å². The molecule has 5 rings (SSSR count). The first kappa shape index (κ1) is 21.3. The Morgan fingerprint density at radius 2 is 1.57 bits per heavy atom. The van der Waals surface area contributed by atoms with Crippen molar-refractivity contribution in [3.8, 4) is 0 Å². The molecule has 0 aromatic carbocycles. The summed E-state index contributed by atoms with van der Waals surface area (Å²) in [5, 5.41) is 0. The van der Waals surface area contributed by atoms with E-state index >= 15 is 0 Å². The summed E-state index contributed by atoms with van der Waals surface area (Å²) in [6.45, 7) is 20.7. The zero-order chi connectivity index (χ0) is 21.7. The van der Waals surface area contributed by atoms with Crippen LogP contribution in [0.1, 0.15) is 113 Å². The predicted octanol–water partition coefficient (Wildman–Crippen LogP) is 8.97. The Morgan fingerprint density at radius 1 is 0.833 bits per heavy atom. The lowest BCUT2D eigenvalue weighted by atomic mass is 9.39. The summed E-state index contributed by atoms with van der Waals surface area (Å²) >= 11 is 0. The fourth-order valence-electron chi connectivity index (χ4n) is 9.95. The van der Waals surface area contributed by atoms with Gasteiger partial charge in [0.15, 0.2) is 0 Å². The van der Waals surface area contributed by atoms with Gasteiger partial charge in [0, 0.05) is 0 Å². The molecule has 5 aliphatic rings. The van der Waals surface area contributed by atoms with E-state index in [-0.39, 0.29) is 0 Å². The van der Waals surface area contributed by atoms with Gasteiger partial charge in [-0.25, -0.2) is 0 Å². The molecule has 0 nitrogen and oxygen atoms in total. The average molecular weight is 409 g/mol. The Balaban J connectivity index is 1.57. The molecule has 30 heavy (non-hydrogen) atoms. The summed E-state index contributed by atoms with van der Waals surface area (Å²) in [5.74, 6) is 3.45. The first-order valence-corrected chi connectivity index (χ1v) is 13.3. The zero-order valence-electron chi connectivity index (χ0n) is 21.3. The monoisotopic (exact) mass is 408 g/mol. The third kappa shape index (κ3) is 2.58. The second-order valence-electron chi connectivity index (χ2n) is 14.5. The Hall–Kier alpha value is -0.520. The lowest BCUT2D eigenvalue weighted by Crippen LogP contribution is -2.57. The molecule has 0 aromatic rings. The fraction of sp³-hybridized carbons (Fsp3) is 0.867. The van der Waals surface area contributed by atoms with Crippen LogP contribution in [0.4, 0.5) is 0 Å². The van der Waals surface area contributed by atoms with Crippen molar-refractivity contribution in [3.05, 3.63) is 23.3 Å². The van der Waals surface area contributed by atoms with Gasteiger partial charge in [-0.05, 0) is 120 Å². The molecule has 0 N–H and O–H groups in total. The summed E-state index contributed by atoms with van der Waals surface area (Å²) in [6.07, 6.45) is 18.2. The van der Waals surface area contributed by atoms with Crippen LogP contribution < -0.4 is 0 Å². The van der Waals surface area contributed by atoms with Gasteiger partial charge in [0.1, 0.15) is 0 Å². The van der Waals surface area contributed by atoms with Crippen LogP contribution in [0.2, 0.25) is 0 Å². The molecule has 0 aromatic heterocycles. The van der Waals surface area contributed by atoms with Crippen molar-refractivity contribution in [1.29, 1.82) is 0 Å². The van der Waals surface area contributed by atoms with Crippen LogP contribution in [0, 0.1) is 50.7 Å². The Bertz CT molecular complexity index is 795. The van der Waals surface area contributed by atoms with E-state index in [1.54, 1.807) is 5.57 Å². The normalized spacial score (nSPS) is 52.0. The molecular formula is C30H48. The number of fused-ring (bicyclic) bond motifs is 7. The van der Waals surface area contributed by atoms with Crippen LogP contribution in [-0.2, 0) is 0 Å². The van der Waals surface area contributed by atoms with Gasteiger partial charge in [-0.15, -0.1) is 0 Å². The molecule has 7 atom stereocenters. The minimum absolute atomic E-state index is 0.385. The molecule has 0 bridgehead atoms. The number of hydrogen-bond acceptors (Lipinski definition) is 0. The highest BCUT2D eigenvalue weighted by molar-refractivity contribution is 5.48. The lowest BCUT2D eigenvalue weighted by molar-refractivity contribution is -0.100. The Kier molecular flexibility index (Phi) is 4.47. The molecule has 0 radical (unpaired) electrons. The summed E-state index contributed by atoms with van der Waals surface area (Å²) in [4.78, 5) is 0. The third-order valence-electron chi connectivity index (χ3n) is 12.2. The topological polar surface area (TPSA) is 0 Å². The Morgan fingerprint density at radius 3 is 2.27 bits per heavy atom. The molecule has 0 amide bonds. The van der Waals surface area contributed by atoms with E-state index in [1.807, 2.05) is 5.57 Å². The molecule has 168 valence electrons. The van der Waals surface area contributed by atoms with Crippen molar-refractivity contribution in [3.63, 3.8) is 0 Å². The molecule has 3 fully saturated rings. The number of hydrogen-bond donors (Lipinski definition) is 0. The van der Waals surface area contributed by atoms with Crippen molar-refractivity contribution < 1.29 is 0 Å². The van der Waals surface area contributed by atoms with Crippen LogP contribution in [-0.4, -0.2) is 0 Å². The second-order valence-corrected chi connectivity index (χ2v) is 14.5. The first-order chi connectivity index (χ1) is 13.9. The predicted molar refractivity (Wildman–Crippen MR) is 129 cm³/mol. The number of allylic oxidation sites excluding steroid dienone is 4. The minimum atomic E-state index is 0.385. The molecule has 0 spiro atoms. The van der Waals surface area contributed by atoms with E-state index in [0.29, 0.717) is 27.1 Å². The summed E-state index contributed by atoms with van der Waals surface area (Å²) in [5.41, 5.74) is 6.02. The average Bonchev–Trinajstić information content (AvgIpc) is 3.02. The van der Waals surface area contributed by atoms with Crippen molar-refractivity contribution in [2.75, 3.05) is 0 Å². The molecule has 0 heterocycles. The molecule has 0 unspecified atom stereocenters. The molecular weight excluding hydrogens is 360 g/mol. The second kappa shape index (κ2) is 6.29. The van der Waals surface area contributed by atoms with Gasteiger partial charge in [0.05, 0.1) is 0 Å². The van der Waals surface area contributed by atoms with Crippen molar-refractivity contribution >= 4 is 0 Å². The van der Waals surface area contributed by atoms with Gasteiger partial charge in [-0.1, -0.05) is 67.5 Å². The summed E-state index contributed by atoms with van der Waals surface area (Å²) in [6, 6.07) is 0. The summed E-state index contributed by atoms with van der Waals surface area (Å²) < 4.78 is 0. The Labute approximate surface area is 187 Å². The van der Waals surface area contributed by atoms with E-state index < -0.39 is 0 Å². The van der Waals surface area contributed by atoms with Gasteiger partial charge < -0.3 is 0 Å². The van der Waals surface area contributed by atoms with E-state index in [0.717, 1.165) is 23.7 Å². The van der Waals surface area contributed by atoms with E-state index in [4.69, 9.17) is 0 Å². The highest BCUT2D eigenvalue weighted by Crippen LogP contribution is 2.74. The number of rotatable bonds is 1. The quantitative estimate of drug-likeness (QED) is 0.406. The maximum absolute atomic E-state index is 2.78. The van der Waals surface area contributed by atoms with Gasteiger partial charge in [-0.3, -0.25) is 0 Å². The third-order valence-corrected chi connectivity index (χ3v) is 12.2. The maximum Gasteiger partial charge on any atom is -0.00159 e. The molecule has 5 aliphatic carbocycles. The van der Waals surface area contributed by atoms with E-state index in [9.17, 15) is 0 Å². The molecule has 0 aliphatic heterocycles. The van der Waals surface area contributed by atoms with Gasteiger partial charge in [0.25, 0.3) is 0 Å². The van der Waals surface area contributed by atoms with Crippen molar-refractivity contribution in [2.45, 2.75) is 113 Å². The van der Waals surface area contributed by atoms with Crippen LogP contribution in [0.15, 0.2) is 23.3 Å². The van der Waals surface area contributed by atoms with Crippen molar-refractivity contribution in [1.82, 2.24) is 0 Å². The van der Waals surface area contributed by atoms with E-state index in [2.05, 4.69) is 67.5 Å². The largest absolute Gasteiger partial charge is 0.0801 e. The van der Waals surface area contributed by atoms with Gasteiger partial charge in [0.2, 0.25) is 0 Å². The van der Waals surface area contributed by atoms with Gasteiger partial charge >= 0.3 is 0 Å². The minimum Gasteiger partial charge on any atom is -0.0801 e. The zero-order valence-corrected chi connectivity index (χ0v) is 21.3. The van der Waals surface area contributed by atoms with Crippen LogP contribution in [0.3, 0.4) is 0 Å². The van der Waals surface area contributed by atoms with Crippen LogP contribution in [0.25, 0.3) is 0 Å². The lowest BCUT2D eigenvalue weighted by Gasteiger charge is -2.65. The van der Waals surface area contributed by atoms with Crippen LogP contribution in [0.5, 0.6) is 0 Å². The summed E-state index contributed by atoms with van der Waals surface area (Å²) in [7, 11) is 0. The maximum atomic E-state index is 2.78. The molecule has 3 saturated carbocycles. The van der Waals surface area contributed by atoms with Gasteiger partial charge in [-0.2, -0.15) is 0 Å². The highest BCUT2D eigenvalue weighted by atomic mass is 14.7.